The molecule has 9 heteroatoms. The fourth-order valence-electron chi connectivity index (χ4n) is 4.37. The molecule has 2 fully saturated rings. The van der Waals surface area contributed by atoms with E-state index in [1.807, 2.05) is 6.07 Å². The van der Waals surface area contributed by atoms with Crippen molar-refractivity contribution in [3.05, 3.63) is 54.1 Å². The number of benzene rings is 2. The van der Waals surface area contributed by atoms with Crippen molar-refractivity contribution >= 4 is 33.3 Å². The number of nitrogens with zero attached hydrogens (tertiary/aromatic N) is 2. The number of nitrogens with one attached hydrogen (secondary N) is 1. The number of hydrogen-bond donors (Lipinski definition) is 1. The smallest absolute Gasteiger partial charge is 0.341 e. The van der Waals surface area contributed by atoms with Crippen molar-refractivity contribution in [1.82, 2.24) is 4.31 Å². The van der Waals surface area contributed by atoms with E-state index < -0.39 is 28.0 Å². The zero-order chi connectivity index (χ0) is 24.1. The third kappa shape index (κ3) is 5.42. The van der Waals surface area contributed by atoms with E-state index in [2.05, 4.69) is 10.2 Å². The normalized spacial score (nSPS) is 17.9. The van der Waals surface area contributed by atoms with Crippen LogP contribution in [0.1, 0.15) is 49.4 Å². The molecule has 8 nitrogen and oxygen atoms in total. The van der Waals surface area contributed by atoms with Crippen LogP contribution in [0.15, 0.2) is 53.4 Å². The lowest BCUT2D eigenvalue weighted by molar-refractivity contribution is -0.123. The van der Waals surface area contributed by atoms with Gasteiger partial charge in [-0.25, -0.2) is 13.2 Å². The van der Waals surface area contributed by atoms with Gasteiger partial charge in [-0.2, -0.15) is 4.31 Å². The number of esters is 1. The number of amides is 1. The van der Waals surface area contributed by atoms with Crippen molar-refractivity contribution in [3.8, 4) is 0 Å². The van der Waals surface area contributed by atoms with Crippen molar-refractivity contribution in [2.75, 3.05) is 36.4 Å². The summed E-state index contributed by atoms with van der Waals surface area (Å²) in [5.74, 6) is -1.17. The summed E-state index contributed by atoms with van der Waals surface area (Å²) in [4.78, 5) is 27.9. The Balaban J connectivity index is 1.58. The Labute approximate surface area is 200 Å². The van der Waals surface area contributed by atoms with Gasteiger partial charge < -0.3 is 15.0 Å². The molecule has 4 rings (SSSR count). The molecule has 2 aromatic rings. The molecule has 0 bridgehead atoms. The van der Waals surface area contributed by atoms with E-state index in [4.69, 9.17) is 4.74 Å². The minimum atomic E-state index is -3.72. The van der Waals surface area contributed by atoms with Crippen LogP contribution in [0, 0.1) is 0 Å². The number of para-hydroxylation sites is 1. The van der Waals surface area contributed by atoms with Gasteiger partial charge in [0.15, 0.2) is 6.10 Å². The fourth-order valence-corrected chi connectivity index (χ4v) is 5.91. The minimum absolute atomic E-state index is 0.0747. The zero-order valence-corrected chi connectivity index (χ0v) is 20.2. The van der Waals surface area contributed by atoms with Gasteiger partial charge in [0, 0.05) is 31.9 Å². The molecule has 1 unspecified atom stereocenters. The molecule has 2 aliphatic heterocycles. The van der Waals surface area contributed by atoms with Crippen LogP contribution in [0.25, 0.3) is 0 Å². The Hall–Kier alpha value is -2.91. The first-order chi connectivity index (χ1) is 16.4. The van der Waals surface area contributed by atoms with E-state index in [1.165, 1.54) is 17.3 Å². The summed E-state index contributed by atoms with van der Waals surface area (Å²) in [5, 5.41) is 2.72. The van der Waals surface area contributed by atoms with Gasteiger partial charge in [0.25, 0.3) is 5.91 Å². The lowest BCUT2D eigenvalue weighted by Crippen LogP contribution is -2.36. The van der Waals surface area contributed by atoms with Crippen molar-refractivity contribution < 1.29 is 22.7 Å². The molecule has 0 radical (unpaired) electrons. The molecule has 2 saturated heterocycles. The summed E-state index contributed by atoms with van der Waals surface area (Å²) in [7, 11) is -3.72. The van der Waals surface area contributed by atoms with E-state index in [9.17, 15) is 18.0 Å². The molecular formula is C25H31N3O5S. The number of piperidine rings is 1. The Bertz CT molecular complexity index is 1120. The molecule has 2 aliphatic rings. The highest BCUT2D eigenvalue weighted by Crippen LogP contribution is 2.30. The minimum Gasteiger partial charge on any atom is -0.449 e. The molecule has 0 saturated carbocycles. The topological polar surface area (TPSA) is 96.0 Å². The summed E-state index contributed by atoms with van der Waals surface area (Å²) in [6.07, 6.45) is 3.61. The summed E-state index contributed by atoms with van der Waals surface area (Å²) in [5.41, 5.74) is 1.40. The van der Waals surface area contributed by atoms with Crippen LogP contribution in [-0.2, 0) is 19.6 Å². The Morgan fingerprint density at radius 1 is 0.912 bits per heavy atom. The first-order valence-corrected chi connectivity index (χ1v) is 13.3. The lowest BCUT2D eigenvalue weighted by Gasteiger charge is -2.27. The Morgan fingerprint density at radius 3 is 2.24 bits per heavy atom. The van der Waals surface area contributed by atoms with Crippen LogP contribution in [-0.4, -0.2) is 56.9 Å². The van der Waals surface area contributed by atoms with E-state index in [0.717, 1.165) is 45.2 Å². The van der Waals surface area contributed by atoms with E-state index in [0.29, 0.717) is 24.5 Å². The maximum absolute atomic E-state index is 13.2. The third-order valence-electron chi connectivity index (χ3n) is 6.28. The number of hydrogen-bond acceptors (Lipinski definition) is 6. The monoisotopic (exact) mass is 485 g/mol. The van der Waals surface area contributed by atoms with Crippen LogP contribution in [0.4, 0.5) is 11.4 Å². The van der Waals surface area contributed by atoms with E-state index in [1.54, 1.807) is 36.4 Å². The molecule has 0 aromatic heterocycles. The molecule has 0 spiro atoms. The number of carbonyl (C=O) groups excluding carboxylic acids is 2. The van der Waals surface area contributed by atoms with Crippen LogP contribution in [0.2, 0.25) is 0 Å². The predicted octanol–water partition coefficient (Wildman–Crippen LogP) is 3.65. The first kappa shape index (κ1) is 24.2. The maximum Gasteiger partial charge on any atom is 0.341 e. The Morgan fingerprint density at radius 2 is 1.56 bits per heavy atom. The van der Waals surface area contributed by atoms with Gasteiger partial charge in [0.05, 0.1) is 16.1 Å². The Kier molecular flexibility index (Phi) is 7.53. The van der Waals surface area contributed by atoms with Crippen LogP contribution in [0.3, 0.4) is 0 Å². The summed E-state index contributed by atoms with van der Waals surface area (Å²) in [6.45, 7) is 4.02. The molecule has 1 amide bonds. The molecule has 2 heterocycles. The predicted molar refractivity (Wildman–Crippen MR) is 130 cm³/mol. The average Bonchev–Trinajstić information content (AvgIpc) is 3.39. The quantitative estimate of drug-likeness (QED) is 0.602. The van der Waals surface area contributed by atoms with Crippen LogP contribution >= 0.6 is 0 Å². The summed E-state index contributed by atoms with van der Waals surface area (Å²) in [6, 6.07) is 13.6. The number of sulfonamides is 1. The highest BCUT2D eigenvalue weighted by atomic mass is 32.2. The standard InChI is InChI=1S/C25H31N3O5S/c1-19(24(29)26-20-10-4-2-5-11-20)33-25(30)22-18-21(12-13-23(22)27-14-8-9-15-27)34(31,32)28-16-6-3-7-17-28/h2,4-5,10-13,18-19H,3,6-9,14-17H2,1H3,(H,26,29). The summed E-state index contributed by atoms with van der Waals surface area (Å²) < 4.78 is 33.4. The van der Waals surface area contributed by atoms with Gasteiger partial charge in [-0.15, -0.1) is 0 Å². The van der Waals surface area contributed by atoms with Crippen molar-refractivity contribution in [1.29, 1.82) is 0 Å². The van der Waals surface area contributed by atoms with Gasteiger partial charge in [-0.3, -0.25) is 4.79 Å². The third-order valence-corrected chi connectivity index (χ3v) is 8.18. The molecule has 34 heavy (non-hydrogen) atoms. The van der Waals surface area contributed by atoms with Crippen LogP contribution in [0.5, 0.6) is 0 Å². The maximum atomic E-state index is 13.2. The van der Waals surface area contributed by atoms with Gasteiger partial charge >= 0.3 is 5.97 Å². The molecular weight excluding hydrogens is 454 g/mol. The van der Waals surface area contributed by atoms with Gasteiger partial charge in [-0.05, 0) is 62.9 Å². The SMILES string of the molecule is CC(OC(=O)c1cc(S(=O)(=O)N2CCCCC2)ccc1N1CCCC1)C(=O)Nc1ccccc1. The number of rotatable bonds is 7. The second kappa shape index (κ2) is 10.6. The molecule has 1 N–H and O–H groups in total. The van der Waals surface area contributed by atoms with Crippen molar-refractivity contribution in [2.24, 2.45) is 0 Å². The van der Waals surface area contributed by atoms with Crippen molar-refractivity contribution in [2.45, 2.75) is 50.0 Å². The second-order valence-corrected chi connectivity index (χ2v) is 10.7. The molecule has 0 aliphatic carbocycles. The van der Waals surface area contributed by atoms with E-state index in [-0.39, 0.29) is 10.5 Å². The molecule has 2 aromatic carbocycles. The van der Waals surface area contributed by atoms with Gasteiger partial charge in [-0.1, -0.05) is 24.6 Å². The van der Waals surface area contributed by atoms with Crippen LogP contribution < -0.4 is 10.2 Å². The van der Waals surface area contributed by atoms with Gasteiger partial charge in [0.1, 0.15) is 0 Å². The zero-order valence-electron chi connectivity index (χ0n) is 19.4. The summed E-state index contributed by atoms with van der Waals surface area (Å²) >= 11 is 0. The van der Waals surface area contributed by atoms with Gasteiger partial charge in [0.2, 0.25) is 10.0 Å². The number of anilines is 2. The average molecular weight is 486 g/mol. The molecule has 1 atom stereocenters. The lowest BCUT2D eigenvalue weighted by atomic mass is 10.1. The largest absolute Gasteiger partial charge is 0.449 e. The first-order valence-electron chi connectivity index (χ1n) is 11.8. The van der Waals surface area contributed by atoms with E-state index >= 15 is 0 Å². The fraction of sp³-hybridized carbons (Fsp3) is 0.440. The molecule has 182 valence electrons. The number of ether oxygens (including phenoxy) is 1. The van der Waals surface area contributed by atoms with Crippen molar-refractivity contribution in [3.63, 3.8) is 0 Å². The highest BCUT2D eigenvalue weighted by Gasteiger charge is 2.30. The second-order valence-electron chi connectivity index (χ2n) is 8.74. The highest BCUT2D eigenvalue weighted by molar-refractivity contribution is 7.89. The number of carbonyl (C=O) groups is 2.